The Morgan fingerprint density at radius 2 is 2.32 bits per heavy atom. The first-order valence-corrected chi connectivity index (χ1v) is 8.78. The first-order chi connectivity index (χ1) is 8.88. The van der Waals surface area contributed by atoms with Crippen LogP contribution in [0.3, 0.4) is 0 Å². The van der Waals surface area contributed by atoms with Crippen molar-refractivity contribution >= 4 is 48.9 Å². The van der Waals surface area contributed by atoms with Crippen molar-refractivity contribution in [3.8, 4) is 0 Å². The van der Waals surface area contributed by atoms with Crippen LogP contribution in [0.1, 0.15) is 5.69 Å². The average Bonchev–Trinajstić information content (AvgIpc) is 2.87. The van der Waals surface area contributed by atoms with E-state index in [1.807, 2.05) is 19.3 Å². The van der Waals surface area contributed by atoms with Gasteiger partial charge in [-0.25, -0.2) is 13.1 Å². The molecule has 0 aliphatic carbocycles. The normalized spacial score (nSPS) is 11.9. The van der Waals surface area contributed by atoms with E-state index >= 15 is 0 Å². The monoisotopic (exact) mass is 383 g/mol. The predicted molar refractivity (Wildman–Crippen MR) is 79.1 cm³/mol. The molecule has 19 heavy (non-hydrogen) atoms. The molecule has 0 bridgehead atoms. The van der Waals surface area contributed by atoms with Gasteiger partial charge in [0.1, 0.15) is 4.21 Å². The first-order valence-electron chi connectivity index (χ1n) is 5.31. The Labute approximate surface area is 128 Å². The summed E-state index contributed by atoms with van der Waals surface area (Å²) in [7, 11) is -1.69. The van der Waals surface area contributed by atoms with Crippen LogP contribution in [-0.4, -0.2) is 24.7 Å². The topological polar surface area (TPSA) is 64.0 Å². The van der Waals surface area contributed by atoms with Gasteiger partial charge in [0.25, 0.3) is 0 Å². The maximum Gasteiger partial charge on any atom is 0.250 e. The number of aromatic nitrogens is 2. The summed E-state index contributed by atoms with van der Waals surface area (Å²) < 4.78 is 29.0. The molecule has 104 valence electrons. The molecule has 2 heterocycles. The van der Waals surface area contributed by atoms with Crippen LogP contribution in [0.5, 0.6) is 0 Å². The number of halogens is 2. The van der Waals surface area contributed by atoms with E-state index in [2.05, 4.69) is 25.8 Å². The van der Waals surface area contributed by atoms with Crippen molar-refractivity contribution in [2.75, 3.05) is 6.54 Å². The molecular weight excluding hydrogens is 374 g/mol. The number of nitrogens with one attached hydrogen (secondary N) is 1. The fourth-order valence-corrected chi connectivity index (χ4v) is 4.92. The summed E-state index contributed by atoms with van der Waals surface area (Å²) in [4.78, 5) is 0. The highest BCUT2D eigenvalue weighted by molar-refractivity contribution is 9.11. The molecule has 0 radical (unpaired) electrons. The number of rotatable bonds is 5. The zero-order chi connectivity index (χ0) is 14.0. The van der Waals surface area contributed by atoms with E-state index in [1.165, 1.54) is 6.07 Å². The van der Waals surface area contributed by atoms with Crippen LogP contribution in [0.4, 0.5) is 0 Å². The smallest absolute Gasteiger partial charge is 0.250 e. The minimum Gasteiger partial charge on any atom is -0.276 e. The lowest BCUT2D eigenvalue weighted by atomic mass is 10.3. The summed E-state index contributed by atoms with van der Waals surface area (Å²) >= 11 is 10.1. The van der Waals surface area contributed by atoms with Crippen molar-refractivity contribution in [2.45, 2.75) is 10.6 Å². The Morgan fingerprint density at radius 3 is 2.84 bits per heavy atom. The number of hydrogen-bond acceptors (Lipinski definition) is 4. The van der Waals surface area contributed by atoms with Gasteiger partial charge in [-0.1, -0.05) is 11.6 Å². The van der Waals surface area contributed by atoms with Crippen molar-refractivity contribution in [2.24, 2.45) is 7.05 Å². The molecule has 0 fully saturated rings. The summed E-state index contributed by atoms with van der Waals surface area (Å²) in [5.41, 5.74) is 0.843. The molecule has 0 aromatic carbocycles. The number of hydrogen-bond donors (Lipinski definition) is 1. The summed E-state index contributed by atoms with van der Waals surface area (Å²) in [6, 6.07) is 3.28. The largest absolute Gasteiger partial charge is 0.276 e. The second-order valence-corrected chi connectivity index (χ2v) is 8.59. The zero-order valence-electron chi connectivity index (χ0n) is 9.93. The van der Waals surface area contributed by atoms with Gasteiger partial charge in [0.15, 0.2) is 0 Å². The lowest BCUT2D eigenvalue weighted by Gasteiger charge is -2.02. The van der Waals surface area contributed by atoms with Gasteiger partial charge in [0.2, 0.25) is 10.0 Å². The SMILES string of the molecule is Cn1ccc(CCNS(=O)(=O)c2cc(Cl)c(Br)s2)n1. The van der Waals surface area contributed by atoms with Gasteiger partial charge in [-0.15, -0.1) is 11.3 Å². The molecule has 2 aromatic heterocycles. The summed E-state index contributed by atoms with van der Waals surface area (Å²) in [6.45, 7) is 0.298. The van der Waals surface area contributed by atoms with Gasteiger partial charge in [-0.2, -0.15) is 5.10 Å². The molecule has 0 aliphatic heterocycles. The van der Waals surface area contributed by atoms with Crippen molar-refractivity contribution in [3.63, 3.8) is 0 Å². The van der Waals surface area contributed by atoms with E-state index in [4.69, 9.17) is 11.6 Å². The number of sulfonamides is 1. The van der Waals surface area contributed by atoms with Gasteiger partial charge >= 0.3 is 0 Å². The van der Waals surface area contributed by atoms with Gasteiger partial charge < -0.3 is 0 Å². The van der Waals surface area contributed by atoms with Crippen LogP contribution in [0, 0.1) is 0 Å². The molecule has 0 spiro atoms. The summed E-state index contributed by atoms with van der Waals surface area (Å²) in [5.74, 6) is 0. The van der Waals surface area contributed by atoms with E-state index in [1.54, 1.807) is 4.68 Å². The van der Waals surface area contributed by atoms with E-state index in [0.29, 0.717) is 21.8 Å². The third-order valence-corrected chi connectivity index (χ3v) is 6.74. The number of nitrogens with zero attached hydrogens (tertiary/aromatic N) is 2. The van der Waals surface area contributed by atoms with Gasteiger partial charge in [0, 0.05) is 26.2 Å². The third-order valence-electron chi connectivity index (χ3n) is 2.33. The predicted octanol–water partition coefficient (Wildman–Crippen LogP) is 2.42. The Hall–Kier alpha value is -0.410. The number of aryl methyl sites for hydroxylation is 1. The van der Waals surface area contributed by atoms with Crippen LogP contribution >= 0.6 is 38.9 Å². The molecule has 0 unspecified atom stereocenters. The molecule has 0 saturated carbocycles. The quantitative estimate of drug-likeness (QED) is 0.861. The second-order valence-electron chi connectivity index (χ2n) is 3.82. The van der Waals surface area contributed by atoms with Crippen LogP contribution in [-0.2, 0) is 23.5 Å². The van der Waals surface area contributed by atoms with Gasteiger partial charge in [-0.3, -0.25) is 4.68 Å². The van der Waals surface area contributed by atoms with Crippen molar-refractivity contribution in [3.05, 3.63) is 32.8 Å². The molecule has 1 N–H and O–H groups in total. The third kappa shape index (κ3) is 3.79. The maximum atomic E-state index is 12.0. The minimum atomic E-state index is -3.51. The molecule has 0 atom stereocenters. The standard InChI is InChI=1S/C10H11BrClN3O2S2/c1-15-5-3-7(14-15)2-4-13-19(16,17)9-6-8(12)10(11)18-9/h3,5-6,13H,2,4H2,1H3. The van der Waals surface area contributed by atoms with E-state index in [-0.39, 0.29) is 4.21 Å². The summed E-state index contributed by atoms with van der Waals surface area (Å²) in [6.07, 6.45) is 2.36. The Bertz CT molecular complexity index is 661. The molecular formula is C10H11BrClN3O2S2. The van der Waals surface area contributed by atoms with E-state index in [0.717, 1.165) is 17.0 Å². The van der Waals surface area contributed by atoms with Crippen molar-refractivity contribution in [1.29, 1.82) is 0 Å². The molecule has 9 heteroatoms. The average molecular weight is 385 g/mol. The molecule has 2 rings (SSSR count). The fourth-order valence-electron chi connectivity index (χ4n) is 1.44. The highest BCUT2D eigenvalue weighted by atomic mass is 79.9. The molecule has 5 nitrogen and oxygen atoms in total. The lowest BCUT2D eigenvalue weighted by Crippen LogP contribution is -2.25. The number of thiophene rings is 1. The van der Waals surface area contributed by atoms with Crippen LogP contribution < -0.4 is 4.72 Å². The molecule has 0 amide bonds. The fraction of sp³-hybridized carbons (Fsp3) is 0.300. The molecule has 0 aliphatic rings. The van der Waals surface area contributed by atoms with Gasteiger partial charge in [-0.05, 0) is 28.1 Å². The summed E-state index contributed by atoms with van der Waals surface area (Å²) in [5, 5.41) is 4.58. The Balaban J connectivity index is 1.98. The highest BCUT2D eigenvalue weighted by Gasteiger charge is 2.18. The van der Waals surface area contributed by atoms with E-state index in [9.17, 15) is 8.42 Å². The van der Waals surface area contributed by atoms with Crippen LogP contribution in [0.25, 0.3) is 0 Å². The molecule has 2 aromatic rings. The van der Waals surface area contributed by atoms with Gasteiger partial charge in [0.05, 0.1) is 14.5 Å². The Morgan fingerprint density at radius 1 is 1.58 bits per heavy atom. The lowest BCUT2D eigenvalue weighted by molar-refractivity contribution is 0.583. The highest BCUT2D eigenvalue weighted by Crippen LogP contribution is 2.34. The van der Waals surface area contributed by atoms with E-state index < -0.39 is 10.0 Å². The second kappa shape index (κ2) is 5.92. The Kier molecular flexibility index (Phi) is 4.67. The van der Waals surface area contributed by atoms with Crippen LogP contribution in [0.15, 0.2) is 26.3 Å². The maximum absolute atomic E-state index is 12.0. The molecule has 0 saturated heterocycles. The van der Waals surface area contributed by atoms with Crippen molar-refractivity contribution < 1.29 is 8.42 Å². The zero-order valence-corrected chi connectivity index (χ0v) is 13.9. The van der Waals surface area contributed by atoms with Crippen molar-refractivity contribution in [1.82, 2.24) is 14.5 Å². The minimum absolute atomic E-state index is 0.199. The first kappa shape index (κ1) is 15.0. The van der Waals surface area contributed by atoms with Crippen LogP contribution in [0.2, 0.25) is 5.02 Å².